The van der Waals surface area contributed by atoms with Gasteiger partial charge in [0.05, 0.1) is 5.56 Å². The SMILES string of the molecule is Cc1ccc(C)c(NC(=O)COC(=O)c2cccc(F)c2)c1. The summed E-state index contributed by atoms with van der Waals surface area (Å²) in [6, 6.07) is 10.8. The second kappa shape index (κ2) is 6.85. The van der Waals surface area contributed by atoms with Gasteiger partial charge in [0.25, 0.3) is 5.91 Å². The highest BCUT2D eigenvalue weighted by molar-refractivity contribution is 5.95. The molecule has 22 heavy (non-hydrogen) atoms. The van der Waals surface area contributed by atoms with E-state index in [-0.39, 0.29) is 5.56 Å². The summed E-state index contributed by atoms with van der Waals surface area (Å²) in [6.07, 6.45) is 0. The van der Waals surface area contributed by atoms with Gasteiger partial charge in [-0.3, -0.25) is 4.79 Å². The van der Waals surface area contributed by atoms with Crippen LogP contribution >= 0.6 is 0 Å². The Bertz CT molecular complexity index is 713. The fraction of sp³-hybridized carbons (Fsp3) is 0.176. The number of rotatable bonds is 4. The maximum atomic E-state index is 13.0. The third kappa shape index (κ3) is 4.15. The molecule has 0 bridgehead atoms. The maximum Gasteiger partial charge on any atom is 0.338 e. The van der Waals surface area contributed by atoms with Gasteiger partial charge in [0.15, 0.2) is 6.61 Å². The molecule has 0 unspecified atom stereocenters. The fourth-order valence-corrected chi connectivity index (χ4v) is 1.89. The minimum absolute atomic E-state index is 0.0690. The molecule has 0 saturated heterocycles. The maximum absolute atomic E-state index is 13.0. The lowest BCUT2D eigenvalue weighted by Crippen LogP contribution is -2.21. The van der Waals surface area contributed by atoms with Gasteiger partial charge in [0, 0.05) is 5.69 Å². The number of ether oxygens (including phenoxy) is 1. The van der Waals surface area contributed by atoms with Crippen molar-refractivity contribution in [2.45, 2.75) is 13.8 Å². The molecule has 0 spiro atoms. The molecule has 0 saturated carbocycles. The highest BCUT2D eigenvalue weighted by atomic mass is 19.1. The van der Waals surface area contributed by atoms with Crippen LogP contribution in [0.5, 0.6) is 0 Å². The van der Waals surface area contributed by atoms with Crippen LogP contribution in [0.2, 0.25) is 0 Å². The molecule has 5 heteroatoms. The number of hydrogen-bond donors (Lipinski definition) is 1. The summed E-state index contributed by atoms with van der Waals surface area (Å²) in [5, 5.41) is 2.68. The summed E-state index contributed by atoms with van der Waals surface area (Å²) in [6.45, 7) is 3.36. The summed E-state index contributed by atoms with van der Waals surface area (Å²) >= 11 is 0. The first-order valence-electron chi connectivity index (χ1n) is 6.75. The van der Waals surface area contributed by atoms with Crippen molar-refractivity contribution >= 4 is 17.6 Å². The van der Waals surface area contributed by atoms with Gasteiger partial charge >= 0.3 is 5.97 Å². The highest BCUT2D eigenvalue weighted by Crippen LogP contribution is 2.16. The quantitative estimate of drug-likeness (QED) is 0.882. The van der Waals surface area contributed by atoms with E-state index < -0.39 is 24.3 Å². The van der Waals surface area contributed by atoms with Crippen molar-refractivity contribution in [3.05, 3.63) is 65.0 Å². The van der Waals surface area contributed by atoms with Gasteiger partial charge in [0.2, 0.25) is 0 Å². The number of hydrogen-bond acceptors (Lipinski definition) is 3. The average Bonchev–Trinajstić information content (AvgIpc) is 2.48. The van der Waals surface area contributed by atoms with Crippen molar-refractivity contribution in [2.24, 2.45) is 0 Å². The Morgan fingerprint density at radius 2 is 1.91 bits per heavy atom. The number of halogens is 1. The zero-order chi connectivity index (χ0) is 16.1. The number of anilines is 1. The number of carbonyl (C=O) groups excluding carboxylic acids is 2. The van der Waals surface area contributed by atoms with Crippen LogP contribution in [0.25, 0.3) is 0 Å². The molecule has 0 heterocycles. The molecule has 2 aromatic carbocycles. The number of nitrogens with one attached hydrogen (secondary N) is 1. The molecule has 0 fully saturated rings. The van der Waals surface area contributed by atoms with E-state index in [1.807, 2.05) is 32.0 Å². The first-order valence-corrected chi connectivity index (χ1v) is 6.75. The Labute approximate surface area is 127 Å². The average molecular weight is 301 g/mol. The smallest absolute Gasteiger partial charge is 0.338 e. The van der Waals surface area contributed by atoms with Crippen LogP contribution in [0.4, 0.5) is 10.1 Å². The van der Waals surface area contributed by atoms with E-state index in [0.29, 0.717) is 5.69 Å². The van der Waals surface area contributed by atoms with Crippen LogP contribution < -0.4 is 5.32 Å². The normalized spacial score (nSPS) is 10.1. The predicted molar refractivity (Wildman–Crippen MR) is 81.2 cm³/mol. The summed E-state index contributed by atoms with van der Waals surface area (Å²) in [5.41, 5.74) is 2.67. The van der Waals surface area contributed by atoms with Gasteiger partial charge in [-0.15, -0.1) is 0 Å². The van der Waals surface area contributed by atoms with Crippen LogP contribution in [0.15, 0.2) is 42.5 Å². The molecule has 1 N–H and O–H groups in total. The Morgan fingerprint density at radius 1 is 1.14 bits per heavy atom. The zero-order valence-electron chi connectivity index (χ0n) is 12.4. The number of esters is 1. The van der Waals surface area contributed by atoms with Gasteiger partial charge in [-0.1, -0.05) is 18.2 Å². The third-order valence-electron chi connectivity index (χ3n) is 3.06. The van der Waals surface area contributed by atoms with E-state index >= 15 is 0 Å². The van der Waals surface area contributed by atoms with Gasteiger partial charge in [-0.05, 0) is 49.2 Å². The van der Waals surface area contributed by atoms with Gasteiger partial charge in [0.1, 0.15) is 5.82 Å². The first-order chi connectivity index (χ1) is 10.5. The lowest BCUT2D eigenvalue weighted by atomic mass is 10.1. The van der Waals surface area contributed by atoms with Crippen molar-refractivity contribution in [3.8, 4) is 0 Å². The van der Waals surface area contributed by atoms with E-state index in [1.54, 1.807) is 0 Å². The second-order valence-electron chi connectivity index (χ2n) is 4.95. The summed E-state index contributed by atoms with van der Waals surface area (Å²) in [4.78, 5) is 23.5. The van der Waals surface area contributed by atoms with Crippen molar-refractivity contribution in [1.29, 1.82) is 0 Å². The number of amides is 1. The second-order valence-corrected chi connectivity index (χ2v) is 4.95. The lowest BCUT2D eigenvalue weighted by molar-refractivity contribution is -0.119. The van der Waals surface area contributed by atoms with E-state index in [2.05, 4.69) is 5.32 Å². The van der Waals surface area contributed by atoms with Gasteiger partial charge in [-0.25, -0.2) is 9.18 Å². The lowest BCUT2D eigenvalue weighted by Gasteiger charge is -2.10. The third-order valence-corrected chi connectivity index (χ3v) is 3.06. The topological polar surface area (TPSA) is 55.4 Å². The van der Waals surface area contributed by atoms with E-state index in [4.69, 9.17) is 4.74 Å². The molecular formula is C17H16FNO3. The molecular weight excluding hydrogens is 285 g/mol. The fourth-order valence-electron chi connectivity index (χ4n) is 1.89. The molecule has 2 aromatic rings. The monoisotopic (exact) mass is 301 g/mol. The first kappa shape index (κ1) is 15.7. The van der Waals surface area contributed by atoms with Crippen LogP contribution in [0, 0.1) is 19.7 Å². The van der Waals surface area contributed by atoms with Crippen molar-refractivity contribution in [3.63, 3.8) is 0 Å². The van der Waals surface area contributed by atoms with Crippen molar-refractivity contribution in [2.75, 3.05) is 11.9 Å². The standard InChI is InChI=1S/C17H16FNO3/c1-11-6-7-12(2)15(8-11)19-16(20)10-22-17(21)13-4-3-5-14(18)9-13/h3-9H,10H2,1-2H3,(H,19,20). The molecule has 4 nitrogen and oxygen atoms in total. The number of carbonyl (C=O) groups is 2. The molecule has 0 radical (unpaired) electrons. The predicted octanol–water partition coefficient (Wildman–Crippen LogP) is 3.24. The highest BCUT2D eigenvalue weighted by Gasteiger charge is 2.11. The Balaban J connectivity index is 1.93. The summed E-state index contributed by atoms with van der Waals surface area (Å²) in [5.74, 6) is -1.72. The van der Waals surface area contributed by atoms with E-state index in [0.717, 1.165) is 17.2 Å². The molecule has 0 atom stereocenters. The Morgan fingerprint density at radius 3 is 2.64 bits per heavy atom. The van der Waals surface area contributed by atoms with Crippen molar-refractivity contribution < 1.29 is 18.7 Å². The van der Waals surface area contributed by atoms with E-state index in [9.17, 15) is 14.0 Å². The molecule has 0 aliphatic rings. The largest absolute Gasteiger partial charge is 0.452 e. The summed E-state index contributed by atoms with van der Waals surface area (Å²) in [7, 11) is 0. The molecule has 2 rings (SSSR count). The minimum atomic E-state index is -0.740. The van der Waals surface area contributed by atoms with Crippen LogP contribution in [0.3, 0.4) is 0 Å². The van der Waals surface area contributed by atoms with Crippen LogP contribution in [-0.2, 0) is 9.53 Å². The minimum Gasteiger partial charge on any atom is -0.452 e. The molecule has 0 aliphatic carbocycles. The van der Waals surface area contributed by atoms with Crippen LogP contribution in [-0.4, -0.2) is 18.5 Å². The zero-order valence-corrected chi connectivity index (χ0v) is 12.4. The van der Waals surface area contributed by atoms with Gasteiger partial charge < -0.3 is 10.1 Å². The molecule has 0 aliphatic heterocycles. The number of aryl methyl sites for hydroxylation is 2. The molecule has 1 amide bonds. The summed E-state index contributed by atoms with van der Waals surface area (Å²) < 4.78 is 17.9. The molecule has 114 valence electrons. The molecule has 0 aromatic heterocycles. The van der Waals surface area contributed by atoms with Crippen LogP contribution in [0.1, 0.15) is 21.5 Å². The van der Waals surface area contributed by atoms with Crippen molar-refractivity contribution in [1.82, 2.24) is 0 Å². The Kier molecular flexibility index (Phi) is 4.88. The number of benzene rings is 2. The van der Waals surface area contributed by atoms with E-state index in [1.165, 1.54) is 18.2 Å². The Hall–Kier alpha value is -2.69. The van der Waals surface area contributed by atoms with Gasteiger partial charge in [-0.2, -0.15) is 0 Å².